The van der Waals surface area contributed by atoms with Gasteiger partial charge >= 0.3 is 0 Å². The monoisotopic (exact) mass is 379 g/mol. The molecule has 27 heavy (non-hydrogen) atoms. The average molecular weight is 380 g/mol. The van der Waals surface area contributed by atoms with Crippen LogP contribution in [-0.4, -0.2) is 47.4 Å². The highest BCUT2D eigenvalue weighted by molar-refractivity contribution is 5.78. The number of hydrogen-bond acceptors (Lipinski definition) is 4. The van der Waals surface area contributed by atoms with Crippen LogP contribution in [0.5, 0.6) is 5.75 Å². The number of hydrogen-bond donors (Lipinski definition) is 2. The van der Waals surface area contributed by atoms with Crippen LogP contribution in [0.1, 0.15) is 58.3 Å². The van der Waals surface area contributed by atoms with E-state index in [1.807, 2.05) is 30.3 Å². The summed E-state index contributed by atoms with van der Waals surface area (Å²) >= 11 is 0. The van der Waals surface area contributed by atoms with E-state index < -0.39 is 0 Å². The molecule has 1 fully saturated rings. The first kappa shape index (κ1) is 25.1. The minimum absolute atomic E-state index is 0.125. The molecule has 0 aliphatic carbocycles. The number of unbranched alkanes of at least 4 members (excludes halogenated alkanes) is 5. The summed E-state index contributed by atoms with van der Waals surface area (Å²) in [6, 6.07) is 10.1. The predicted octanol–water partition coefficient (Wildman–Crippen LogP) is 4.15. The quantitative estimate of drug-likeness (QED) is 0.599. The number of benzene rings is 1. The summed E-state index contributed by atoms with van der Waals surface area (Å²) in [7, 11) is 0. The fourth-order valence-corrected chi connectivity index (χ4v) is 2.45. The van der Waals surface area contributed by atoms with Crippen molar-refractivity contribution in [1.29, 1.82) is 0 Å². The number of aliphatic hydroxyl groups excluding tert-OH is 2. The van der Waals surface area contributed by atoms with E-state index in [-0.39, 0.29) is 19.1 Å². The Morgan fingerprint density at radius 2 is 1.70 bits per heavy atom. The molecule has 0 atom stereocenters. The van der Waals surface area contributed by atoms with E-state index >= 15 is 0 Å². The van der Waals surface area contributed by atoms with E-state index in [0.29, 0.717) is 6.42 Å². The van der Waals surface area contributed by atoms with Crippen LogP contribution in [0.25, 0.3) is 0 Å². The summed E-state index contributed by atoms with van der Waals surface area (Å²) in [5, 5.41) is 15.2. The lowest BCUT2D eigenvalue weighted by Crippen LogP contribution is -2.16. The molecule has 1 amide bonds. The number of amides is 1. The molecule has 0 spiro atoms. The number of nitrogens with zero attached hydrogens (tertiary/aromatic N) is 1. The van der Waals surface area contributed by atoms with Gasteiger partial charge in [0, 0.05) is 13.0 Å². The molecule has 5 heteroatoms. The van der Waals surface area contributed by atoms with Crippen molar-refractivity contribution in [3.63, 3.8) is 0 Å². The van der Waals surface area contributed by atoms with Gasteiger partial charge in [-0.3, -0.25) is 4.79 Å². The molecule has 0 radical (unpaired) electrons. The van der Waals surface area contributed by atoms with Crippen molar-refractivity contribution in [2.24, 2.45) is 0 Å². The molecule has 154 valence electrons. The second-order valence-corrected chi connectivity index (χ2v) is 6.25. The average Bonchev–Trinajstić information content (AvgIpc) is 3.14. The van der Waals surface area contributed by atoms with Gasteiger partial charge in [0.1, 0.15) is 5.75 Å². The summed E-state index contributed by atoms with van der Waals surface area (Å²) in [6.45, 7) is 7.22. The molecule has 1 saturated heterocycles. The Bertz CT molecular complexity index is 463. The van der Waals surface area contributed by atoms with E-state index in [9.17, 15) is 4.79 Å². The number of carbonyl (C=O) groups is 1. The smallest absolute Gasteiger partial charge is 0.226 e. The molecule has 1 aliphatic rings. The minimum Gasteiger partial charge on any atom is -0.494 e. The summed E-state index contributed by atoms with van der Waals surface area (Å²) in [4.78, 5) is 12.3. The van der Waals surface area contributed by atoms with Crippen molar-refractivity contribution < 1.29 is 19.7 Å². The molecule has 1 heterocycles. The number of para-hydroxylation sites is 1. The van der Waals surface area contributed by atoms with Gasteiger partial charge in [0.05, 0.1) is 19.8 Å². The maximum absolute atomic E-state index is 10.7. The Morgan fingerprint density at radius 1 is 1.07 bits per heavy atom. The first-order valence-corrected chi connectivity index (χ1v) is 10.0. The van der Waals surface area contributed by atoms with E-state index in [1.54, 1.807) is 11.1 Å². The molecular formula is C22H37NO4. The van der Waals surface area contributed by atoms with Gasteiger partial charge in [0.15, 0.2) is 0 Å². The number of aliphatic hydroxyl groups is 2. The highest BCUT2D eigenvalue weighted by Crippen LogP contribution is 2.10. The van der Waals surface area contributed by atoms with Crippen molar-refractivity contribution >= 4 is 5.91 Å². The standard InChI is InChI=1S/C14H22O.C6H9NO.C2H6O2/c1-2-3-4-5-6-10-13-15-14-11-8-7-9-12-14;1-2-7-5-3-4-6(7)8;3-1-2-4/h7-9,11-12H,2-6,10,13H2,1H3;2H,1,3-5H2;3-4H,1-2H2. The molecular weight excluding hydrogens is 342 g/mol. The van der Waals surface area contributed by atoms with Gasteiger partial charge < -0.3 is 19.8 Å². The Morgan fingerprint density at radius 3 is 2.19 bits per heavy atom. The van der Waals surface area contributed by atoms with Gasteiger partial charge in [0.2, 0.25) is 5.91 Å². The van der Waals surface area contributed by atoms with Crippen molar-refractivity contribution in [1.82, 2.24) is 4.90 Å². The van der Waals surface area contributed by atoms with Gasteiger partial charge in [0.25, 0.3) is 0 Å². The molecule has 0 aromatic heterocycles. The van der Waals surface area contributed by atoms with Crippen LogP contribution in [0.15, 0.2) is 43.1 Å². The summed E-state index contributed by atoms with van der Waals surface area (Å²) in [6.07, 6.45) is 11.2. The van der Waals surface area contributed by atoms with Crippen molar-refractivity contribution in [3.8, 4) is 5.75 Å². The molecule has 1 aromatic rings. The van der Waals surface area contributed by atoms with Gasteiger partial charge in [-0.15, -0.1) is 0 Å². The van der Waals surface area contributed by atoms with Crippen LogP contribution < -0.4 is 4.74 Å². The van der Waals surface area contributed by atoms with Gasteiger partial charge in [-0.1, -0.05) is 63.8 Å². The Kier molecular flexibility index (Phi) is 17.6. The maximum atomic E-state index is 10.7. The third-order valence-electron chi connectivity index (χ3n) is 3.94. The number of carbonyl (C=O) groups excluding carboxylic acids is 1. The molecule has 0 bridgehead atoms. The third-order valence-corrected chi connectivity index (χ3v) is 3.94. The maximum Gasteiger partial charge on any atom is 0.226 e. The minimum atomic E-state index is -0.125. The first-order valence-electron chi connectivity index (χ1n) is 10.0. The largest absolute Gasteiger partial charge is 0.494 e. The second kappa shape index (κ2) is 18.9. The van der Waals surface area contributed by atoms with Gasteiger partial charge in [-0.25, -0.2) is 0 Å². The lowest BCUT2D eigenvalue weighted by atomic mass is 10.1. The molecule has 5 nitrogen and oxygen atoms in total. The van der Waals surface area contributed by atoms with Crippen molar-refractivity contribution in [2.75, 3.05) is 26.4 Å². The predicted molar refractivity (Wildman–Crippen MR) is 111 cm³/mol. The zero-order valence-electron chi connectivity index (χ0n) is 16.8. The summed E-state index contributed by atoms with van der Waals surface area (Å²) < 4.78 is 5.61. The normalized spacial score (nSPS) is 12.6. The Hall–Kier alpha value is -1.85. The van der Waals surface area contributed by atoms with Crippen LogP contribution in [-0.2, 0) is 4.79 Å². The fraction of sp³-hybridized carbons (Fsp3) is 0.591. The lowest BCUT2D eigenvalue weighted by molar-refractivity contribution is -0.125. The van der Waals surface area contributed by atoms with Crippen LogP contribution in [0, 0.1) is 0 Å². The SMILES string of the molecule is C=CN1CCCC1=O.CCCCCCCCOc1ccccc1.OCCO. The molecule has 2 N–H and O–H groups in total. The van der Waals surface area contributed by atoms with E-state index in [0.717, 1.165) is 25.3 Å². The lowest BCUT2D eigenvalue weighted by Gasteiger charge is -2.05. The zero-order chi connectivity index (χ0) is 20.2. The Labute approximate surface area is 164 Å². The molecule has 2 rings (SSSR count). The number of ether oxygens (including phenoxy) is 1. The van der Waals surface area contributed by atoms with Crippen molar-refractivity contribution in [2.45, 2.75) is 58.3 Å². The summed E-state index contributed by atoms with van der Waals surface area (Å²) in [5.41, 5.74) is 0. The highest BCUT2D eigenvalue weighted by atomic mass is 16.5. The topological polar surface area (TPSA) is 70.0 Å². The second-order valence-electron chi connectivity index (χ2n) is 6.25. The van der Waals surface area contributed by atoms with E-state index in [2.05, 4.69) is 13.5 Å². The third kappa shape index (κ3) is 15.0. The number of rotatable bonds is 10. The van der Waals surface area contributed by atoms with Crippen molar-refractivity contribution in [3.05, 3.63) is 43.1 Å². The summed E-state index contributed by atoms with van der Waals surface area (Å²) in [5.74, 6) is 1.20. The van der Waals surface area contributed by atoms with Crippen LogP contribution in [0.4, 0.5) is 0 Å². The van der Waals surface area contributed by atoms with Crippen LogP contribution >= 0.6 is 0 Å². The molecule has 0 saturated carbocycles. The zero-order valence-corrected chi connectivity index (χ0v) is 16.8. The molecule has 0 unspecified atom stereocenters. The Balaban J connectivity index is 0.000000468. The number of likely N-dealkylation sites (tertiary alicyclic amines) is 1. The molecule has 1 aliphatic heterocycles. The van der Waals surface area contributed by atoms with Crippen LogP contribution in [0.2, 0.25) is 0 Å². The highest BCUT2D eigenvalue weighted by Gasteiger charge is 2.15. The van der Waals surface area contributed by atoms with E-state index in [1.165, 1.54) is 38.5 Å². The first-order chi connectivity index (χ1) is 13.2. The fourth-order valence-electron chi connectivity index (χ4n) is 2.45. The van der Waals surface area contributed by atoms with Gasteiger partial charge in [-0.2, -0.15) is 0 Å². The van der Waals surface area contributed by atoms with Crippen LogP contribution in [0.3, 0.4) is 0 Å². The molecule has 1 aromatic carbocycles. The van der Waals surface area contributed by atoms with E-state index in [4.69, 9.17) is 14.9 Å². The van der Waals surface area contributed by atoms with Gasteiger partial charge in [-0.05, 0) is 31.2 Å².